The lowest BCUT2D eigenvalue weighted by atomic mass is 10.1. The Hall–Kier alpha value is -1.62. The van der Waals surface area contributed by atoms with E-state index in [1.54, 1.807) is 23.6 Å². The minimum Gasteiger partial charge on any atom is -0.477 e. The Bertz CT molecular complexity index is 732. The molecule has 5 heteroatoms. The quantitative estimate of drug-likeness (QED) is 0.921. The van der Waals surface area contributed by atoms with E-state index in [9.17, 15) is 14.7 Å². The van der Waals surface area contributed by atoms with E-state index in [0.29, 0.717) is 10.9 Å². The molecule has 0 saturated carbocycles. The van der Waals surface area contributed by atoms with Crippen molar-refractivity contribution in [1.82, 2.24) is 4.57 Å². The van der Waals surface area contributed by atoms with Crippen LogP contribution in [-0.2, 0) is 0 Å². The maximum Gasteiger partial charge on any atom is 0.352 e. The average Bonchev–Trinajstić information content (AvgIpc) is 2.32. The highest BCUT2D eigenvalue weighted by Crippen LogP contribution is 2.23. The summed E-state index contributed by atoms with van der Waals surface area (Å²) in [5.41, 5.74) is 0.749. The number of aromatic carboxylic acids is 1. The van der Waals surface area contributed by atoms with Gasteiger partial charge in [-0.15, -0.1) is 0 Å². The fraction of sp³-hybridized carbons (Fsp3) is 0.286. The van der Waals surface area contributed by atoms with Crippen molar-refractivity contribution in [3.05, 3.63) is 44.2 Å². The molecule has 0 unspecified atom stereocenters. The molecule has 0 bridgehead atoms. The van der Waals surface area contributed by atoms with Crippen molar-refractivity contribution < 1.29 is 9.90 Å². The molecule has 0 amide bonds. The average molecular weight is 324 g/mol. The highest BCUT2D eigenvalue weighted by molar-refractivity contribution is 9.10. The van der Waals surface area contributed by atoms with Crippen molar-refractivity contribution in [2.75, 3.05) is 0 Å². The maximum atomic E-state index is 12.3. The molecule has 0 spiro atoms. The fourth-order valence-electron chi connectivity index (χ4n) is 2.31. The van der Waals surface area contributed by atoms with Crippen molar-refractivity contribution >= 4 is 32.8 Å². The molecule has 2 aromatic rings. The molecule has 0 aliphatic rings. The number of aromatic nitrogens is 1. The van der Waals surface area contributed by atoms with Crippen LogP contribution in [0.4, 0.5) is 0 Å². The van der Waals surface area contributed by atoms with Crippen molar-refractivity contribution in [1.29, 1.82) is 0 Å². The van der Waals surface area contributed by atoms with Crippen LogP contribution in [0, 0.1) is 6.92 Å². The molecule has 0 fully saturated rings. The number of pyridine rings is 1. The van der Waals surface area contributed by atoms with Crippen LogP contribution < -0.4 is 5.43 Å². The number of nitrogens with zero attached hydrogens (tertiary/aromatic N) is 1. The zero-order chi connectivity index (χ0) is 14.3. The van der Waals surface area contributed by atoms with Gasteiger partial charge in [0.05, 0.1) is 5.52 Å². The van der Waals surface area contributed by atoms with Crippen molar-refractivity contribution in [3.63, 3.8) is 0 Å². The van der Waals surface area contributed by atoms with Gasteiger partial charge in [0, 0.05) is 21.5 Å². The van der Waals surface area contributed by atoms with Crippen LogP contribution in [0.25, 0.3) is 10.9 Å². The molecule has 1 aromatic carbocycles. The summed E-state index contributed by atoms with van der Waals surface area (Å²) in [6.45, 7) is 5.36. The molecule has 1 heterocycles. The van der Waals surface area contributed by atoms with Gasteiger partial charge < -0.3 is 9.67 Å². The fourth-order valence-corrected chi connectivity index (χ4v) is 2.67. The monoisotopic (exact) mass is 323 g/mol. The number of carboxylic acid groups (broad SMARTS) is 1. The molecule has 2 rings (SSSR count). The normalized spacial score (nSPS) is 11.2. The molecule has 0 aliphatic heterocycles. The van der Waals surface area contributed by atoms with Crippen LogP contribution in [0.2, 0.25) is 0 Å². The third-order valence-electron chi connectivity index (χ3n) is 3.12. The van der Waals surface area contributed by atoms with E-state index in [-0.39, 0.29) is 22.7 Å². The summed E-state index contributed by atoms with van der Waals surface area (Å²) in [7, 11) is 0. The SMILES string of the molecule is Cc1c(C(=O)O)n(C(C)C)c2ccc(Br)cc2c1=O. The van der Waals surface area contributed by atoms with Gasteiger partial charge in [-0.3, -0.25) is 4.79 Å². The van der Waals surface area contributed by atoms with Gasteiger partial charge in [-0.05, 0) is 39.0 Å². The number of hydrogen-bond acceptors (Lipinski definition) is 2. The second-order valence-corrected chi connectivity index (χ2v) is 5.65. The van der Waals surface area contributed by atoms with E-state index in [0.717, 1.165) is 4.47 Å². The van der Waals surface area contributed by atoms with E-state index in [4.69, 9.17) is 0 Å². The summed E-state index contributed by atoms with van der Waals surface area (Å²) in [4.78, 5) is 23.7. The van der Waals surface area contributed by atoms with Crippen LogP contribution in [0.15, 0.2) is 27.5 Å². The number of carbonyl (C=O) groups is 1. The molecule has 0 atom stereocenters. The van der Waals surface area contributed by atoms with Crippen molar-refractivity contribution in [2.45, 2.75) is 26.8 Å². The van der Waals surface area contributed by atoms with Crippen LogP contribution in [0.5, 0.6) is 0 Å². The molecule has 0 aliphatic carbocycles. The van der Waals surface area contributed by atoms with E-state index >= 15 is 0 Å². The number of rotatable bonds is 2. The third-order valence-corrected chi connectivity index (χ3v) is 3.61. The highest BCUT2D eigenvalue weighted by Gasteiger charge is 2.20. The Balaban J connectivity index is 3.09. The van der Waals surface area contributed by atoms with Gasteiger partial charge >= 0.3 is 5.97 Å². The number of hydrogen-bond donors (Lipinski definition) is 1. The van der Waals surface area contributed by atoms with Crippen LogP contribution in [-0.4, -0.2) is 15.6 Å². The molecule has 0 saturated heterocycles. The van der Waals surface area contributed by atoms with Gasteiger partial charge in [0.25, 0.3) is 0 Å². The van der Waals surface area contributed by atoms with Gasteiger partial charge in [0.1, 0.15) is 5.69 Å². The molecular formula is C14H14BrNO3. The molecule has 1 aromatic heterocycles. The summed E-state index contributed by atoms with van der Waals surface area (Å²) < 4.78 is 2.50. The molecule has 1 N–H and O–H groups in total. The molecule has 100 valence electrons. The van der Waals surface area contributed by atoms with Crippen LogP contribution in [0.1, 0.15) is 35.9 Å². The minimum atomic E-state index is -1.08. The zero-order valence-corrected chi connectivity index (χ0v) is 12.5. The summed E-state index contributed by atoms with van der Waals surface area (Å²) in [6.07, 6.45) is 0. The summed E-state index contributed by atoms with van der Waals surface area (Å²) in [5.74, 6) is -1.08. The van der Waals surface area contributed by atoms with Crippen molar-refractivity contribution in [2.24, 2.45) is 0 Å². The van der Waals surface area contributed by atoms with Gasteiger partial charge in [-0.25, -0.2) is 4.79 Å². The number of halogens is 1. The van der Waals surface area contributed by atoms with E-state index < -0.39 is 5.97 Å². The topological polar surface area (TPSA) is 59.3 Å². The van der Waals surface area contributed by atoms with E-state index in [2.05, 4.69) is 15.9 Å². The lowest BCUT2D eigenvalue weighted by Crippen LogP contribution is -2.23. The zero-order valence-electron chi connectivity index (χ0n) is 10.9. The smallest absolute Gasteiger partial charge is 0.352 e. The molecule has 0 radical (unpaired) electrons. The Kier molecular flexibility index (Phi) is 3.49. The predicted octanol–water partition coefficient (Wildman–Crippen LogP) is 3.35. The predicted molar refractivity (Wildman–Crippen MR) is 78.0 cm³/mol. The van der Waals surface area contributed by atoms with Crippen LogP contribution in [0.3, 0.4) is 0 Å². The molecular weight excluding hydrogens is 310 g/mol. The summed E-state index contributed by atoms with van der Waals surface area (Å²) >= 11 is 3.34. The standard InChI is InChI=1S/C14H14BrNO3/c1-7(2)16-11-5-4-9(15)6-10(11)13(17)8(3)12(16)14(18)19/h4-7H,1-3H3,(H,18,19). The van der Waals surface area contributed by atoms with Gasteiger partial charge in [0.2, 0.25) is 0 Å². The Morgan fingerprint density at radius 2 is 2.00 bits per heavy atom. The second kappa shape index (κ2) is 4.81. The largest absolute Gasteiger partial charge is 0.477 e. The highest BCUT2D eigenvalue weighted by atomic mass is 79.9. The number of fused-ring (bicyclic) bond motifs is 1. The maximum absolute atomic E-state index is 12.3. The Morgan fingerprint density at radius 3 is 2.53 bits per heavy atom. The minimum absolute atomic E-state index is 0.0472. The Labute approximate surface area is 118 Å². The van der Waals surface area contributed by atoms with Gasteiger partial charge in [-0.2, -0.15) is 0 Å². The first kappa shape index (κ1) is 13.8. The lowest BCUT2D eigenvalue weighted by Gasteiger charge is -2.20. The van der Waals surface area contributed by atoms with E-state index in [1.807, 2.05) is 19.9 Å². The van der Waals surface area contributed by atoms with Gasteiger partial charge in [-0.1, -0.05) is 15.9 Å². The van der Waals surface area contributed by atoms with E-state index in [1.165, 1.54) is 0 Å². The van der Waals surface area contributed by atoms with Crippen molar-refractivity contribution in [3.8, 4) is 0 Å². The van der Waals surface area contributed by atoms with Crippen LogP contribution >= 0.6 is 15.9 Å². The first-order valence-electron chi connectivity index (χ1n) is 5.92. The summed E-state index contributed by atoms with van der Waals surface area (Å²) in [6, 6.07) is 5.26. The molecule has 19 heavy (non-hydrogen) atoms. The second-order valence-electron chi connectivity index (χ2n) is 4.73. The van der Waals surface area contributed by atoms with Gasteiger partial charge in [0.15, 0.2) is 5.43 Å². The lowest BCUT2D eigenvalue weighted by molar-refractivity contribution is 0.0682. The summed E-state index contributed by atoms with van der Waals surface area (Å²) in [5, 5.41) is 9.90. The first-order chi connectivity index (χ1) is 8.84. The third kappa shape index (κ3) is 2.18. The first-order valence-corrected chi connectivity index (χ1v) is 6.71. The Morgan fingerprint density at radius 1 is 1.37 bits per heavy atom. The number of carboxylic acids is 1. The number of benzene rings is 1. The molecule has 4 nitrogen and oxygen atoms in total.